The third-order valence-electron chi connectivity index (χ3n) is 1.74. The quantitative estimate of drug-likeness (QED) is 0.811. The average molecular weight is 231 g/mol. The highest BCUT2D eigenvalue weighted by Crippen LogP contribution is 2.13. The van der Waals surface area contributed by atoms with E-state index in [4.69, 9.17) is 5.73 Å². The molecule has 12 heavy (non-hydrogen) atoms. The minimum Gasteiger partial charge on any atom is -0.328 e. The minimum atomic E-state index is -0.175. The largest absolute Gasteiger partial charge is 0.328 e. The van der Waals surface area contributed by atoms with Gasteiger partial charge in [-0.1, -0.05) is 6.92 Å². The Morgan fingerprint density at radius 2 is 2.42 bits per heavy atom. The van der Waals surface area contributed by atoms with E-state index < -0.39 is 0 Å². The summed E-state index contributed by atoms with van der Waals surface area (Å²) >= 11 is 3.27. The number of rotatable bonds is 2. The van der Waals surface area contributed by atoms with Gasteiger partial charge < -0.3 is 10.7 Å². The van der Waals surface area contributed by atoms with Gasteiger partial charge in [0.1, 0.15) is 0 Å². The first-order chi connectivity index (χ1) is 5.65. The van der Waals surface area contributed by atoms with Gasteiger partial charge in [0.2, 0.25) is 0 Å². The molecule has 0 radical (unpaired) electrons. The second kappa shape index (κ2) is 3.87. The van der Waals surface area contributed by atoms with Crippen molar-refractivity contribution < 1.29 is 0 Å². The number of nitrogens with two attached hydrogens (primary N) is 1. The zero-order valence-corrected chi connectivity index (χ0v) is 8.39. The summed E-state index contributed by atoms with van der Waals surface area (Å²) in [7, 11) is 0. The molecule has 0 aliphatic rings. The van der Waals surface area contributed by atoms with Gasteiger partial charge in [-0.15, -0.1) is 0 Å². The van der Waals surface area contributed by atoms with Crippen molar-refractivity contribution in [2.24, 2.45) is 5.73 Å². The third-order valence-corrected chi connectivity index (χ3v) is 2.19. The van der Waals surface area contributed by atoms with Crippen molar-refractivity contribution in [3.8, 4) is 0 Å². The SMILES string of the molecule is CC[C@@H](N)c1cc(Br)c[nH]c1=O. The molecule has 3 nitrogen and oxygen atoms in total. The number of H-pyrrole nitrogens is 1. The maximum Gasteiger partial charge on any atom is 0.252 e. The fraction of sp³-hybridized carbons (Fsp3) is 0.375. The Bertz CT molecular complexity index is 321. The number of halogens is 1. The highest BCUT2D eigenvalue weighted by atomic mass is 79.9. The molecule has 0 saturated heterocycles. The molecule has 1 rings (SSSR count). The van der Waals surface area contributed by atoms with E-state index in [1.54, 1.807) is 12.3 Å². The van der Waals surface area contributed by atoms with Gasteiger partial charge in [-0.2, -0.15) is 0 Å². The molecular formula is C8H11BrN2O. The average Bonchev–Trinajstić information content (AvgIpc) is 2.08. The Balaban J connectivity index is 3.13. The van der Waals surface area contributed by atoms with Crippen molar-refractivity contribution in [3.05, 3.63) is 32.7 Å². The van der Waals surface area contributed by atoms with Gasteiger partial charge in [-0.3, -0.25) is 4.79 Å². The van der Waals surface area contributed by atoms with Gasteiger partial charge in [-0.05, 0) is 28.4 Å². The van der Waals surface area contributed by atoms with Crippen molar-refractivity contribution in [2.75, 3.05) is 0 Å². The van der Waals surface area contributed by atoms with E-state index in [0.717, 1.165) is 10.9 Å². The van der Waals surface area contributed by atoms with E-state index in [2.05, 4.69) is 20.9 Å². The molecule has 0 aliphatic carbocycles. The summed E-state index contributed by atoms with van der Waals surface area (Å²) in [5.74, 6) is 0. The zero-order valence-electron chi connectivity index (χ0n) is 6.80. The molecule has 0 amide bonds. The van der Waals surface area contributed by atoms with E-state index in [1.807, 2.05) is 6.92 Å². The van der Waals surface area contributed by atoms with Crippen LogP contribution in [0.5, 0.6) is 0 Å². The lowest BCUT2D eigenvalue weighted by molar-refractivity contribution is 0.688. The maximum atomic E-state index is 11.2. The van der Waals surface area contributed by atoms with E-state index in [-0.39, 0.29) is 11.6 Å². The highest BCUT2D eigenvalue weighted by molar-refractivity contribution is 9.10. The third kappa shape index (κ3) is 1.95. The van der Waals surface area contributed by atoms with Crippen LogP contribution in [0.15, 0.2) is 21.5 Å². The summed E-state index contributed by atoms with van der Waals surface area (Å²) in [5.41, 5.74) is 6.25. The Hall–Kier alpha value is -0.610. The molecule has 4 heteroatoms. The van der Waals surface area contributed by atoms with Crippen LogP contribution in [-0.4, -0.2) is 4.98 Å². The lowest BCUT2D eigenvalue weighted by atomic mass is 10.1. The Morgan fingerprint density at radius 3 is 3.00 bits per heavy atom. The topological polar surface area (TPSA) is 58.9 Å². The first kappa shape index (κ1) is 9.48. The number of pyridine rings is 1. The lowest BCUT2D eigenvalue weighted by Crippen LogP contribution is -2.20. The molecule has 0 aliphatic heterocycles. The van der Waals surface area contributed by atoms with Crippen LogP contribution in [0.4, 0.5) is 0 Å². The van der Waals surface area contributed by atoms with Crippen LogP contribution in [0.25, 0.3) is 0 Å². The molecule has 0 bridgehead atoms. The van der Waals surface area contributed by atoms with Gasteiger partial charge in [0.05, 0.1) is 0 Å². The van der Waals surface area contributed by atoms with Crippen LogP contribution in [0, 0.1) is 0 Å². The number of aromatic amines is 1. The molecule has 0 unspecified atom stereocenters. The molecule has 0 fully saturated rings. The Morgan fingerprint density at radius 1 is 1.75 bits per heavy atom. The fourth-order valence-electron chi connectivity index (χ4n) is 0.969. The van der Waals surface area contributed by atoms with Crippen LogP contribution in [-0.2, 0) is 0 Å². The molecule has 1 atom stereocenters. The molecule has 0 saturated carbocycles. The molecule has 66 valence electrons. The number of aromatic nitrogens is 1. The summed E-state index contributed by atoms with van der Waals surface area (Å²) in [6, 6.07) is 1.58. The van der Waals surface area contributed by atoms with E-state index in [9.17, 15) is 4.79 Å². The highest BCUT2D eigenvalue weighted by Gasteiger charge is 2.07. The molecule has 0 spiro atoms. The summed E-state index contributed by atoms with van der Waals surface area (Å²) in [6.45, 7) is 1.95. The molecule has 3 N–H and O–H groups in total. The minimum absolute atomic E-state index is 0.104. The lowest BCUT2D eigenvalue weighted by Gasteiger charge is -2.07. The van der Waals surface area contributed by atoms with Crippen LogP contribution in [0.2, 0.25) is 0 Å². The molecule has 1 heterocycles. The molecule has 1 aromatic heterocycles. The van der Waals surface area contributed by atoms with Gasteiger partial charge in [0, 0.05) is 22.3 Å². The van der Waals surface area contributed by atoms with E-state index >= 15 is 0 Å². The van der Waals surface area contributed by atoms with Gasteiger partial charge >= 0.3 is 0 Å². The number of hydrogen-bond donors (Lipinski definition) is 2. The van der Waals surface area contributed by atoms with Crippen molar-refractivity contribution in [3.63, 3.8) is 0 Å². The van der Waals surface area contributed by atoms with Crippen molar-refractivity contribution in [2.45, 2.75) is 19.4 Å². The predicted octanol–water partition coefficient (Wildman–Crippen LogP) is 1.55. The van der Waals surface area contributed by atoms with Crippen LogP contribution >= 0.6 is 15.9 Å². The van der Waals surface area contributed by atoms with Crippen molar-refractivity contribution in [1.82, 2.24) is 4.98 Å². The standard InChI is InChI=1S/C8H11BrN2O/c1-2-7(10)6-3-5(9)4-11-8(6)12/h3-4,7H,2,10H2,1H3,(H,11,12)/t7-/m1/s1. The fourth-order valence-corrected chi connectivity index (χ4v) is 1.33. The first-order valence-electron chi connectivity index (χ1n) is 3.79. The maximum absolute atomic E-state index is 11.2. The summed E-state index contributed by atoms with van der Waals surface area (Å²) in [5, 5.41) is 0. The molecule has 0 aromatic carbocycles. The first-order valence-corrected chi connectivity index (χ1v) is 4.58. The molecule has 1 aromatic rings. The van der Waals surface area contributed by atoms with Crippen molar-refractivity contribution >= 4 is 15.9 Å². The number of hydrogen-bond acceptors (Lipinski definition) is 2. The Kier molecular flexibility index (Phi) is 3.05. The Labute approximate surface area is 79.1 Å². The van der Waals surface area contributed by atoms with Crippen LogP contribution in [0.1, 0.15) is 24.9 Å². The smallest absolute Gasteiger partial charge is 0.252 e. The zero-order chi connectivity index (χ0) is 9.14. The summed E-state index contributed by atoms with van der Waals surface area (Å²) in [4.78, 5) is 13.8. The van der Waals surface area contributed by atoms with Crippen LogP contribution in [0.3, 0.4) is 0 Å². The predicted molar refractivity (Wildman–Crippen MR) is 52.0 cm³/mol. The van der Waals surface area contributed by atoms with E-state index in [0.29, 0.717) is 5.56 Å². The monoisotopic (exact) mass is 230 g/mol. The summed E-state index contributed by atoms with van der Waals surface area (Å²) < 4.78 is 0.848. The normalized spacial score (nSPS) is 12.9. The molecular weight excluding hydrogens is 220 g/mol. The van der Waals surface area contributed by atoms with Crippen molar-refractivity contribution in [1.29, 1.82) is 0 Å². The second-order valence-electron chi connectivity index (χ2n) is 2.62. The number of nitrogens with one attached hydrogen (secondary N) is 1. The van der Waals surface area contributed by atoms with Gasteiger partial charge in [-0.25, -0.2) is 0 Å². The second-order valence-corrected chi connectivity index (χ2v) is 3.53. The van der Waals surface area contributed by atoms with Gasteiger partial charge in [0.15, 0.2) is 0 Å². The summed E-state index contributed by atoms with van der Waals surface area (Å²) in [6.07, 6.45) is 2.37. The van der Waals surface area contributed by atoms with E-state index in [1.165, 1.54) is 0 Å². The van der Waals surface area contributed by atoms with Gasteiger partial charge in [0.25, 0.3) is 5.56 Å². The van der Waals surface area contributed by atoms with Crippen LogP contribution < -0.4 is 11.3 Å².